The Morgan fingerprint density at radius 3 is 2.54 bits per heavy atom. The number of halogens is 1. The Balaban J connectivity index is 1.75. The van der Waals surface area contributed by atoms with Crippen molar-refractivity contribution in [2.75, 3.05) is 32.6 Å². The summed E-state index contributed by atoms with van der Waals surface area (Å²) in [6, 6.07) is 13.4. The number of nitrogens with one attached hydrogen (secondary N) is 3. The number of methoxy groups -OCH3 is 1. The molecule has 0 aromatic heterocycles. The minimum Gasteiger partial charge on any atom is -0.496 e. The van der Waals surface area contributed by atoms with Crippen molar-refractivity contribution >= 4 is 17.6 Å². The minimum atomic E-state index is -0.347. The van der Waals surface area contributed by atoms with Gasteiger partial charge < -0.3 is 20.7 Å². The van der Waals surface area contributed by atoms with Crippen LogP contribution in [-0.2, 0) is 11.2 Å². The number of benzene rings is 2. The molecule has 0 unspecified atom stereocenters. The van der Waals surface area contributed by atoms with Crippen LogP contribution < -0.4 is 20.7 Å². The SMILES string of the molecule is CN=C(NCCc1ccccc1OC)NCC(=O)Nc1ccc(F)cc1. The molecule has 0 saturated heterocycles. The van der Waals surface area contributed by atoms with Crippen LogP contribution in [0.4, 0.5) is 10.1 Å². The van der Waals surface area contributed by atoms with Gasteiger partial charge in [0.1, 0.15) is 11.6 Å². The summed E-state index contributed by atoms with van der Waals surface area (Å²) < 4.78 is 18.2. The van der Waals surface area contributed by atoms with Gasteiger partial charge in [-0.15, -0.1) is 0 Å². The van der Waals surface area contributed by atoms with Crippen molar-refractivity contribution in [1.82, 2.24) is 10.6 Å². The molecule has 3 N–H and O–H groups in total. The van der Waals surface area contributed by atoms with Crippen molar-refractivity contribution in [2.24, 2.45) is 4.99 Å². The van der Waals surface area contributed by atoms with Crippen LogP contribution in [0, 0.1) is 5.82 Å². The van der Waals surface area contributed by atoms with Crippen LogP contribution in [-0.4, -0.2) is 39.1 Å². The molecule has 0 spiro atoms. The van der Waals surface area contributed by atoms with Gasteiger partial charge in [0, 0.05) is 19.3 Å². The molecule has 26 heavy (non-hydrogen) atoms. The molecule has 0 atom stereocenters. The fourth-order valence-corrected chi connectivity index (χ4v) is 2.35. The molecule has 0 aliphatic rings. The van der Waals surface area contributed by atoms with Crippen molar-refractivity contribution in [1.29, 1.82) is 0 Å². The van der Waals surface area contributed by atoms with E-state index in [1.165, 1.54) is 24.3 Å². The first-order chi connectivity index (χ1) is 12.6. The predicted octanol–water partition coefficient (Wildman–Crippen LogP) is 2.18. The number of rotatable bonds is 7. The summed E-state index contributed by atoms with van der Waals surface area (Å²) in [5, 5.41) is 8.77. The second kappa shape index (κ2) is 10.0. The Morgan fingerprint density at radius 1 is 1.12 bits per heavy atom. The summed E-state index contributed by atoms with van der Waals surface area (Å²) in [7, 11) is 3.28. The van der Waals surface area contributed by atoms with E-state index in [1.54, 1.807) is 14.2 Å². The number of hydrogen-bond acceptors (Lipinski definition) is 3. The lowest BCUT2D eigenvalue weighted by Gasteiger charge is -2.13. The number of carbonyl (C=O) groups excluding carboxylic acids is 1. The van der Waals surface area contributed by atoms with Crippen molar-refractivity contribution in [2.45, 2.75) is 6.42 Å². The van der Waals surface area contributed by atoms with Gasteiger partial charge in [0.25, 0.3) is 0 Å². The topological polar surface area (TPSA) is 74.8 Å². The van der Waals surface area contributed by atoms with Crippen LogP contribution in [0.3, 0.4) is 0 Å². The van der Waals surface area contributed by atoms with Gasteiger partial charge in [-0.05, 0) is 42.3 Å². The van der Waals surface area contributed by atoms with Gasteiger partial charge in [0.15, 0.2) is 5.96 Å². The molecule has 0 bridgehead atoms. The molecule has 6 nitrogen and oxygen atoms in total. The third-order valence-corrected chi connectivity index (χ3v) is 3.65. The standard InChI is InChI=1S/C19H23FN4O2/c1-21-19(22-12-11-14-5-3-4-6-17(14)26-2)23-13-18(25)24-16-9-7-15(20)8-10-16/h3-10H,11-13H2,1-2H3,(H,24,25)(H2,21,22,23). The summed E-state index contributed by atoms with van der Waals surface area (Å²) in [5.41, 5.74) is 1.63. The maximum atomic E-state index is 12.9. The average Bonchev–Trinajstić information content (AvgIpc) is 2.66. The Hall–Kier alpha value is -3.09. The summed E-state index contributed by atoms with van der Waals surface area (Å²) in [6.45, 7) is 0.686. The number of nitrogens with zero attached hydrogens (tertiary/aromatic N) is 1. The molecule has 0 aliphatic carbocycles. The van der Waals surface area contributed by atoms with Crippen molar-refractivity contribution < 1.29 is 13.9 Å². The molecule has 138 valence electrons. The molecule has 2 rings (SSSR count). The number of guanidine groups is 1. The largest absolute Gasteiger partial charge is 0.496 e. The predicted molar refractivity (Wildman–Crippen MR) is 101 cm³/mol. The molecular weight excluding hydrogens is 335 g/mol. The fraction of sp³-hybridized carbons (Fsp3) is 0.263. The summed E-state index contributed by atoms with van der Waals surface area (Å²) in [5.74, 6) is 0.773. The first-order valence-corrected chi connectivity index (χ1v) is 8.24. The second-order valence-corrected chi connectivity index (χ2v) is 5.47. The zero-order chi connectivity index (χ0) is 18.8. The van der Waals surface area contributed by atoms with Gasteiger partial charge in [-0.2, -0.15) is 0 Å². The van der Waals surface area contributed by atoms with Gasteiger partial charge in [-0.25, -0.2) is 4.39 Å². The smallest absolute Gasteiger partial charge is 0.243 e. The molecule has 0 saturated carbocycles. The molecule has 0 heterocycles. The maximum Gasteiger partial charge on any atom is 0.243 e. The molecule has 0 aliphatic heterocycles. The quantitative estimate of drug-likeness (QED) is 0.524. The molecule has 0 radical (unpaired) electrons. The highest BCUT2D eigenvalue weighted by atomic mass is 19.1. The van der Waals surface area contributed by atoms with Crippen LogP contribution in [0.1, 0.15) is 5.56 Å². The monoisotopic (exact) mass is 358 g/mol. The number of carbonyl (C=O) groups is 1. The van der Waals surface area contributed by atoms with Gasteiger partial charge in [0.05, 0.1) is 13.7 Å². The Morgan fingerprint density at radius 2 is 1.85 bits per heavy atom. The maximum absolute atomic E-state index is 12.9. The van der Waals surface area contributed by atoms with Crippen LogP contribution in [0.25, 0.3) is 0 Å². The van der Waals surface area contributed by atoms with Crippen molar-refractivity contribution in [3.63, 3.8) is 0 Å². The second-order valence-electron chi connectivity index (χ2n) is 5.47. The normalized spacial score (nSPS) is 11.0. The summed E-state index contributed by atoms with van der Waals surface area (Å²) in [6.07, 6.45) is 0.756. The molecule has 2 aromatic carbocycles. The number of ether oxygens (including phenoxy) is 1. The van der Waals surface area contributed by atoms with Crippen LogP contribution >= 0.6 is 0 Å². The van der Waals surface area contributed by atoms with Crippen molar-refractivity contribution in [3.8, 4) is 5.75 Å². The van der Waals surface area contributed by atoms with E-state index in [4.69, 9.17) is 4.74 Å². The number of anilines is 1. The number of aliphatic imine (C=N–C) groups is 1. The van der Waals surface area contributed by atoms with Crippen LogP contribution in [0.15, 0.2) is 53.5 Å². The van der Waals surface area contributed by atoms with E-state index in [2.05, 4.69) is 20.9 Å². The third kappa shape index (κ3) is 6.08. The van der Waals surface area contributed by atoms with E-state index < -0.39 is 0 Å². The molecule has 1 amide bonds. The van der Waals surface area contributed by atoms with Gasteiger partial charge >= 0.3 is 0 Å². The minimum absolute atomic E-state index is 0.0473. The lowest BCUT2D eigenvalue weighted by molar-refractivity contribution is -0.115. The zero-order valence-electron chi connectivity index (χ0n) is 14.9. The van der Waals surface area contributed by atoms with Gasteiger partial charge in [0.2, 0.25) is 5.91 Å². The number of hydrogen-bond donors (Lipinski definition) is 3. The highest BCUT2D eigenvalue weighted by Crippen LogP contribution is 2.17. The average molecular weight is 358 g/mol. The summed E-state index contributed by atoms with van der Waals surface area (Å²) in [4.78, 5) is 16.0. The first kappa shape index (κ1) is 19.2. The Bertz CT molecular complexity index is 747. The first-order valence-electron chi connectivity index (χ1n) is 8.24. The molecular formula is C19H23FN4O2. The van der Waals surface area contributed by atoms with E-state index in [-0.39, 0.29) is 18.3 Å². The van der Waals surface area contributed by atoms with E-state index in [0.717, 1.165) is 17.7 Å². The molecule has 7 heteroatoms. The van der Waals surface area contributed by atoms with E-state index in [1.807, 2.05) is 24.3 Å². The van der Waals surface area contributed by atoms with E-state index in [9.17, 15) is 9.18 Å². The number of amides is 1. The summed E-state index contributed by atoms with van der Waals surface area (Å²) >= 11 is 0. The van der Waals surface area contributed by atoms with Gasteiger partial charge in [-0.1, -0.05) is 18.2 Å². The highest BCUT2D eigenvalue weighted by molar-refractivity contribution is 5.94. The molecule has 2 aromatic rings. The zero-order valence-corrected chi connectivity index (χ0v) is 14.9. The Kier molecular flexibility index (Phi) is 7.42. The third-order valence-electron chi connectivity index (χ3n) is 3.65. The van der Waals surface area contributed by atoms with Crippen LogP contribution in [0.5, 0.6) is 5.75 Å². The highest BCUT2D eigenvalue weighted by Gasteiger charge is 2.06. The van der Waals surface area contributed by atoms with Gasteiger partial charge in [-0.3, -0.25) is 9.79 Å². The Labute approximate surface area is 152 Å². The fourth-order valence-electron chi connectivity index (χ4n) is 2.35. The number of para-hydroxylation sites is 1. The van der Waals surface area contributed by atoms with Crippen LogP contribution in [0.2, 0.25) is 0 Å². The van der Waals surface area contributed by atoms with Crippen molar-refractivity contribution in [3.05, 3.63) is 59.9 Å². The molecule has 0 fully saturated rings. The lowest BCUT2D eigenvalue weighted by Crippen LogP contribution is -2.42. The van der Waals surface area contributed by atoms with E-state index in [0.29, 0.717) is 18.2 Å². The lowest BCUT2D eigenvalue weighted by atomic mass is 10.1. The van der Waals surface area contributed by atoms with E-state index >= 15 is 0 Å².